The normalized spacial score (nSPS) is 18.4. The molecule has 1 aliphatic heterocycles. The van der Waals surface area contributed by atoms with Crippen LogP contribution in [0.3, 0.4) is 0 Å². The van der Waals surface area contributed by atoms with E-state index in [1.807, 2.05) is 0 Å². The van der Waals surface area contributed by atoms with Gasteiger partial charge in [-0.1, -0.05) is 38.1 Å². The fourth-order valence-corrected chi connectivity index (χ4v) is 2.37. The first-order valence-electron chi connectivity index (χ1n) is 6.76. The third-order valence-corrected chi connectivity index (χ3v) is 3.48. The van der Waals surface area contributed by atoms with Gasteiger partial charge in [0, 0.05) is 12.0 Å². The average Bonchev–Trinajstić information content (AvgIpc) is 2.86. The molecule has 3 nitrogen and oxygen atoms in total. The molecule has 100 valence electrons. The molecule has 0 bridgehead atoms. The minimum Gasteiger partial charge on any atom is -0.343 e. The molecule has 0 amide bonds. The molecule has 2 rings (SSSR count). The summed E-state index contributed by atoms with van der Waals surface area (Å²) in [5, 5.41) is 0. The summed E-state index contributed by atoms with van der Waals surface area (Å²) in [5.41, 5.74) is 8.04. The van der Waals surface area contributed by atoms with Gasteiger partial charge in [-0.2, -0.15) is 0 Å². The fourth-order valence-electron chi connectivity index (χ4n) is 2.37. The highest BCUT2D eigenvalue weighted by atomic mass is 16.7. The molecule has 2 N–H and O–H groups in total. The van der Waals surface area contributed by atoms with Crippen molar-refractivity contribution in [1.29, 1.82) is 0 Å². The number of nitrogens with two attached hydrogens (primary N) is 1. The molecule has 1 fully saturated rings. The highest BCUT2D eigenvalue weighted by molar-refractivity contribution is 5.28. The minimum absolute atomic E-state index is 0.546. The quantitative estimate of drug-likeness (QED) is 0.872. The molecular formula is C15H23NO2. The first-order valence-corrected chi connectivity index (χ1v) is 6.76. The summed E-state index contributed by atoms with van der Waals surface area (Å²) in [5.74, 6) is -0.0148. The Bertz CT molecular complexity index is 367. The van der Waals surface area contributed by atoms with Crippen LogP contribution >= 0.6 is 0 Å². The van der Waals surface area contributed by atoms with Gasteiger partial charge >= 0.3 is 0 Å². The molecule has 1 heterocycles. The Morgan fingerprint density at radius 3 is 2.28 bits per heavy atom. The standard InChI is InChI=1S/C15H23NO2/c1-12(2)13-4-6-14(7-5-13)15(8-3-9-16)17-10-11-18-15/h4-7,12H,3,8-11,16H2,1-2H3. The lowest BCUT2D eigenvalue weighted by Crippen LogP contribution is -2.28. The molecule has 1 aromatic rings. The summed E-state index contributed by atoms with van der Waals surface area (Å²) >= 11 is 0. The van der Waals surface area contributed by atoms with E-state index in [1.165, 1.54) is 5.56 Å². The molecule has 0 atom stereocenters. The van der Waals surface area contributed by atoms with E-state index in [1.54, 1.807) is 0 Å². The first kappa shape index (κ1) is 13.5. The molecule has 0 spiro atoms. The van der Waals surface area contributed by atoms with Crippen molar-refractivity contribution in [3.63, 3.8) is 0 Å². The van der Waals surface area contributed by atoms with Gasteiger partial charge in [-0.15, -0.1) is 0 Å². The predicted octanol–water partition coefficient (Wildman–Crippen LogP) is 2.75. The number of hydrogen-bond donors (Lipinski definition) is 1. The van der Waals surface area contributed by atoms with E-state index in [0.29, 0.717) is 25.7 Å². The third kappa shape index (κ3) is 2.74. The van der Waals surface area contributed by atoms with Crippen LogP contribution in [0.1, 0.15) is 43.7 Å². The lowest BCUT2D eigenvalue weighted by molar-refractivity contribution is -0.171. The maximum absolute atomic E-state index is 5.85. The summed E-state index contributed by atoms with van der Waals surface area (Å²) in [4.78, 5) is 0. The average molecular weight is 249 g/mol. The summed E-state index contributed by atoms with van der Waals surface area (Å²) < 4.78 is 11.7. The fraction of sp³-hybridized carbons (Fsp3) is 0.600. The largest absolute Gasteiger partial charge is 0.343 e. The lowest BCUT2D eigenvalue weighted by Gasteiger charge is -2.28. The molecule has 0 aliphatic carbocycles. The Balaban J connectivity index is 2.20. The molecule has 1 saturated heterocycles. The summed E-state index contributed by atoms with van der Waals surface area (Å²) in [6, 6.07) is 8.57. The number of rotatable bonds is 5. The van der Waals surface area contributed by atoms with Gasteiger partial charge in [0.25, 0.3) is 0 Å². The molecular weight excluding hydrogens is 226 g/mol. The molecule has 0 saturated carbocycles. The Hall–Kier alpha value is -0.900. The van der Waals surface area contributed by atoms with Crippen molar-refractivity contribution >= 4 is 0 Å². The van der Waals surface area contributed by atoms with Gasteiger partial charge in [0.1, 0.15) is 0 Å². The van der Waals surface area contributed by atoms with Gasteiger partial charge in [-0.05, 0) is 24.4 Å². The Morgan fingerprint density at radius 1 is 1.17 bits per heavy atom. The van der Waals surface area contributed by atoms with Crippen molar-refractivity contribution in [1.82, 2.24) is 0 Å². The second-order valence-electron chi connectivity index (χ2n) is 5.12. The molecule has 18 heavy (non-hydrogen) atoms. The SMILES string of the molecule is CC(C)c1ccc(C2(CCCN)OCCO2)cc1. The minimum atomic E-state index is -0.561. The number of ether oxygens (including phenoxy) is 2. The highest BCUT2D eigenvalue weighted by Crippen LogP contribution is 2.36. The van der Waals surface area contributed by atoms with Crippen molar-refractivity contribution in [2.75, 3.05) is 19.8 Å². The number of benzene rings is 1. The third-order valence-electron chi connectivity index (χ3n) is 3.48. The van der Waals surface area contributed by atoms with Crippen molar-refractivity contribution < 1.29 is 9.47 Å². The van der Waals surface area contributed by atoms with Crippen molar-refractivity contribution in [3.8, 4) is 0 Å². The van der Waals surface area contributed by atoms with E-state index >= 15 is 0 Å². The molecule has 0 radical (unpaired) electrons. The van der Waals surface area contributed by atoms with Crippen LogP contribution in [0.4, 0.5) is 0 Å². The van der Waals surface area contributed by atoms with E-state index in [9.17, 15) is 0 Å². The van der Waals surface area contributed by atoms with Crippen LogP contribution in [0.2, 0.25) is 0 Å². The van der Waals surface area contributed by atoms with Crippen molar-refractivity contribution in [2.24, 2.45) is 5.73 Å². The van der Waals surface area contributed by atoms with Crippen molar-refractivity contribution in [3.05, 3.63) is 35.4 Å². The van der Waals surface area contributed by atoms with Crippen LogP contribution in [0.25, 0.3) is 0 Å². The predicted molar refractivity (Wildman–Crippen MR) is 72.4 cm³/mol. The number of hydrogen-bond acceptors (Lipinski definition) is 3. The van der Waals surface area contributed by atoms with Crippen LogP contribution < -0.4 is 5.73 Å². The second-order valence-corrected chi connectivity index (χ2v) is 5.12. The smallest absolute Gasteiger partial charge is 0.195 e. The van der Waals surface area contributed by atoms with E-state index in [4.69, 9.17) is 15.2 Å². The van der Waals surface area contributed by atoms with Gasteiger partial charge in [0.2, 0.25) is 0 Å². The molecule has 0 aromatic heterocycles. The van der Waals surface area contributed by atoms with Gasteiger partial charge in [0.15, 0.2) is 5.79 Å². The maximum Gasteiger partial charge on any atom is 0.195 e. The van der Waals surface area contributed by atoms with Gasteiger partial charge in [-0.25, -0.2) is 0 Å². The van der Waals surface area contributed by atoms with Gasteiger partial charge < -0.3 is 15.2 Å². The van der Waals surface area contributed by atoms with Crippen LogP contribution in [0, 0.1) is 0 Å². The van der Waals surface area contributed by atoms with Crippen LogP contribution in [0.15, 0.2) is 24.3 Å². The Kier molecular flexibility index (Phi) is 4.38. The second kappa shape index (κ2) is 5.83. The first-order chi connectivity index (χ1) is 8.68. The monoisotopic (exact) mass is 249 g/mol. The zero-order chi connectivity index (χ0) is 13.0. The van der Waals surface area contributed by atoms with Crippen LogP contribution in [-0.4, -0.2) is 19.8 Å². The molecule has 1 aliphatic rings. The topological polar surface area (TPSA) is 44.5 Å². The van der Waals surface area contributed by atoms with Crippen molar-refractivity contribution in [2.45, 2.75) is 38.4 Å². The summed E-state index contributed by atoms with van der Waals surface area (Å²) in [6.07, 6.45) is 1.73. The zero-order valence-corrected chi connectivity index (χ0v) is 11.3. The lowest BCUT2D eigenvalue weighted by atomic mass is 9.96. The zero-order valence-electron chi connectivity index (χ0n) is 11.3. The van der Waals surface area contributed by atoms with E-state index in [-0.39, 0.29) is 0 Å². The van der Waals surface area contributed by atoms with Crippen LogP contribution in [-0.2, 0) is 15.3 Å². The Labute approximate surface area is 109 Å². The van der Waals surface area contributed by atoms with Gasteiger partial charge in [-0.3, -0.25) is 0 Å². The Morgan fingerprint density at radius 2 is 1.78 bits per heavy atom. The van der Waals surface area contributed by atoms with Gasteiger partial charge in [0.05, 0.1) is 13.2 Å². The summed E-state index contributed by atoms with van der Waals surface area (Å²) in [7, 11) is 0. The molecule has 1 aromatic carbocycles. The molecule has 0 unspecified atom stereocenters. The van der Waals surface area contributed by atoms with Crippen LogP contribution in [0.5, 0.6) is 0 Å². The highest BCUT2D eigenvalue weighted by Gasteiger charge is 2.37. The molecule has 3 heteroatoms. The van der Waals surface area contributed by atoms with E-state index in [2.05, 4.69) is 38.1 Å². The summed E-state index contributed by atoms with van der Waals surface area (Å²) in [6.45, 7) is 6.38. The maximum atomic E-state index is 5.85. The van der Waals surface area contributed by atoms with E-state index in [0.717, 1.165) is 18.4 Å². The van der Waals surface area contributed by atoms with E-state index < -0.39 is 5.79 Å².